The van der Waals surface area contributed by atoms with E-state index in [-0.39, 0.29) is 17.9 Å². The van der Waals surface area contributed by atoms with Crippen molar-refractivity contribution in [2.24, 2.45) is 5.92 Å². The molecule has 0 spiro atoms. The summed E-state index contributed by atoms with van der Waals surface area (Å²) in [5.74, 6) is 1.62. The predicted octanol–water partition coefficient (Wildman–Crippen LogP) is 2.31. The highest BCUT2D eigenvalue weighted by molar-refractivity contribution is 5.80. The van der Waals surface area contributed by atoms with Crippen molar-refractivity contribution < 1.29 is 19.0 Å². The first-order valence-corrected chi connectivity index (χ1v) is 7.25. The van der Waals surface area contributed by atoms with Gasteiger partial charge in [-0.25, -0.2) is 0 Å². The smallest absolute Gasteiger partial charge is 0.249 e. The maximum atomic E-state index is 12.1. The molecule has 1 heterocycles. The van der Waals surface area contributed by atoms with Gasteiger partial charge < -0.3 is 19.5 Å². The molecule has 0 saturated carbocycles. The first-order chi connectivity index (χ1) is 10.0. The molecular weight excluding hydrogens is 270 g/mol. The fraction of sp³-hybridized carbons (Fsp3) is 0.562. The van der Waals surface area contributed by atoms with Gasteiger partial charge in [-0.2, -0.15) is 0 Å². The molecular formula is C16H23NO4. The molecule has 0 fully saturated rings. The van der Waals surface area contributed by atoms with Crippen LogP contribution in [0.25, 0.3) is 0 Å². The minimum Gasteiger partial charge on any atom is -0.486 e. The second-order valence-corrected chi connectivity index (χ2v) is 5.51. The predicted molar refractivity (Wildman–Crippen MR) is 79.6 cm³/mol. The molecule has 116 valence electrons. The van der Waals surface area contributed by atoms with Crippen molar-refractivity contribution in [3.8, 4) is 11.5 Å². The van der Waals surface area contributed by atoms with Crippen LogP contribution >= 0.6 is 0 Å². The number of benzene rings is 1. The van der Waals surface area contributed by atoms with Crippen LogP contribution in [0.2, 0.25) is 0 Å². The summed E-state index contributed by atoms with van der Waals surface area (Å²) in [5, 5.41) is 3.03. The summed E-state index contributed by atoms with van der Waals surface area (Å²) in [6.07, 6.45) is -0.469. The fourth-order valence-electron chi connectivity index (χ4n) is 2.27. The molecule has 1 aliphatic rings. The highest BCUT2D eigenvalue weighted by atomic mass is 16.6. The molecule has 2 unspecified atom stereocenters. The van der Waals surface area contributed by atoms with Gasteiger partial charge in [-0.15, -0.1) is 0 Å². The van der Waals surface area contributed by atoms with E-state index in [0.717, 1.165) is 17.1 Å². The maximum Gasteiger partial charge on any atom is 0.249 e. The van der Waals surface area contributed by atoms with Crippen molar-refractivity contribution in [3.63, 3.8) is 0 Å². The minimum absolute atomic E-state index is 0.0917. The number of ether oxygens (including phenoxy) is 3. The second-order valence-electron chi connectivity index (χ2n) is 5.51. The maximum absolute atomic E-state index is 12.1. The Hall–Kier alpha value is -1.75. The highest BCUT2D eigenvalue weighted by Gasteiger charge is 2.23. The monoisotopic (exact) mass is 293 g/mol. The largest absolute Gasteiger partial charge is 0.486 e. The van der Waals surface area contributed by atoms with E-state index in [2.05, 4.69) is 19.2 Å². The van der Waals surface area contributed by atoms with Gasteiger partial charge in [0.05, 0.1) is 6.04 Å². The Morgan fingerprint density at radius 2 is 1.86 bits per heavy atom. The van der Waals surface area contributed by atoms with E-state index >= 15 is 0 Å². The third-order valence-corrected chi connectivity index (χ3v) is 3.61. The molecule has 21 heavy (non-hydrogen) atoms. The van der Waals surface area contributed by atoms with Crippen molar-refractivity contribution in [2.75, 3.05) is 20.3 Å². The number of hydrogen-bond donors (Lipinski definition) is 1. The number of nitrogens with one attached hydrogen (secondary N) is 1. The second kappa shape index (κ2) is 6.80. The number of carbonyl (C=O) groups excluding carboxylic acids is 1. The van der Waals surface area contributed by atoms with Gasteiger partial charge in [-0.05, 0) is 30.5 Å². The zero-order chi connectivity index (χ0) is 15.4. The van der Waals surface area contributed by atoms with Crippen LogP contribution in [-0.2, 0) is 9.53 Å². The lowest BCUT2D eigenvalue weighted by Crippen LogP contribution is -2.38. The Kier molecular flexibility index (Phi) is 5.07. The average molecular weight is 293 g/mol. The van der Waals surface area contributed by atoms with E-state index in [0.29, 0.717) is 13.2 Å². The Balaban J connectivity index is 2.20. The third kappa shape index (κ3) is 3.67. The summed E-state index contributed by atoms with van der Waals surface area (Å²) in [4.78, 5) is 12.1. The van der Waals surface area contributed by atoms with Gasteiger partial charge in [0.2, 0.25) is 5.91 Å². The molecule has 0 aromatic heterocycles. The molecule has 0 bridgehead atoms. The van der Waals surface area contributed by atoms with Crippen LogP contribution in [0, 0.1) is 5.92 Å². The third-order valence-electron chi connectivity index (χ3n) is 3.61. The lowest BCUT2D eigenvalue weighted by molar-refractivity contribution is -0.131. The molecule has 5 nitrogen and oxygen atoms in total. The SMILES string of the molecule is COC(C)C(=O)NC(c1ccc2c(c1)OCCO2)C(C)C. The van der Waals surface area contributed by atoms with Crippen LogP contribution in [0.15, 0.2) is 18.2 Å². The summed E-state index contributed by atoms with van der Waals surface area (Å²) in [6, 6.07) is 5.71. The van der Waals surface area contributed by atoms with E-state index in [1.165, 1.54) is 7.11 Å². The van der Waals surface area contributed by atoms with Gasteiger partial charge in [0.1, 0.15) is 19.3 Å². The van der Waals surface area contributed by atoms with Crippen LogP contribution in [0.4, 0.5) is 0 Å². The Morgan fingerprint density at radius 1 is 1.19 bits per heavy atom. The van der Waals surface area contributed by atoms with Gasteiger partial charge in [0.15, 0.2) is 11.5 Å². The summed E-state index contributed by atoms with van der Waals surface area (Å²) >= 11 is 0. The normalized spacial score (nSPS) is 16.4. The summed E-state index contributed by atoms with van der Waals surface area (Å²) in [5.41, 5.74) is 1.01. The zero-order valence-corrected chi connectivity index (χ0v) is 13.0. The lowest BCUT2D eigenvalue weighted by Gasteiger charge is -2.26. The minimum atomic E-state index is -0.469. The number of amides is 1. The van der Waals surface area contributed by atoms with Gasteiger partial charge in [-0.3, -0.25) is 4.79 Å². The summed E-state index contributed by atoms with van der Waals surface area (Å²) < 4.78 is 16.2. The quantitative estimate of drug-likeness (QED) is 0.905. The molecule has 1 aliphatic heterocycles. The number of rotatable bonds is 5. The molecule has 0 aliphatic carbocycles. The van der Waals surface area contributed by atoms with Crippen molar-refractivity contribution in [1.29, 1.82) is 0 Å². The molecule has 1 amide bonds. The zero-order valence-electron chi connectivity index (χ0n) is 13.0. The van der Waals surface area contributed by atoms with Crippen LogP contribution in [0.5, 0.6) is 11.5 Å². The molecule has 2 atom stereocenters. The first kappa shape index (κ1) is 15.6. The highest BCUT2D eigenvalue weighted by Crippen LogP contribution is 2.34. The number of carbonyl (C=O) groups is 1. The number of fused-ring (bicyclic) bond motifs is 1. The van der Waals surface area contributed by atoms with Crippen LogP contribution in [-0.4, -0.2) is 32.3 Å². The first-order valence-electron chi connectivity index (χ1n) is 7.25. The van der Waals surface area contributed by atoms with E-state index in [9.17, 15) is 4.79 Å². The molecule has 0 saturated heterocycles. The van der Waals surface area contributed by atoms with Crippen molar-refractivity contribution in [1.82, 2.24) is 5.32 Å². The van der Waals surface area contributed by atoms with Gasteiger partial charge in [0.25, 0.3) is 0 Å². The Labute approximate surface area is 125 Å². The van der Waals surface area contributed by atoms with Crippen LogP contribution < -0.4 is 14.8 Å². The molecule has 1 aromatic rings. The van der Waals surface area contributed by atoms with Crippen molar-refractivity contribution in [3.05, 3.63) is 23.8 Å². The molecule has 5 heteroatoms. The fourth-order valence-corrected chi connectivity index (χ4v) is 2.27. The number of hydrogen-bond acceptors (Lipinski definition) is 4. The number of methoxy groups -OCH3 is 1. The summed E-state index contributed by atoms with van der Waals surface area (Å²) in [6.45, 7) is 6.99. The molecule has 2 rings (SSSR count). The van der Waals surface area contributed by atoms with E-state index in [1.54, 1.807) is 6.92 Å². The van der Waals surface area contributed by atoms with Gasteiger partial charge in [0, 0.05) is 7.11 Å². The molecule has 1 N–H and O–H groups in total. The van der Waals surface area contributed by atoms with E-state index in [1.807, 2.05) is 18.2 Å². The summed E-state index contributed by atoms with van der Waals surface area (Å²) in [7, 11) is 1.53. The molecule has 1 aromatic carbocycles. The Morgan fingerprint density at radius 3 is 2.48 bits per heavy atom. The van der Waals surface area contributed by atoms with Gasteiger partial charge >= 0.3 is 0 Å². The topological polar surface area (TPSA) is 56.8 Å². The molecule has 0 radical (unpaired) electrons. The average Bonchev–Trinajstić information content (AvgIpc) is 2.50. The Bertz CT molecular complexity index is 501. The van der Waals surface area contributed by atoms with Gasteiger partial charge in [-0.1, -0.05) is 19.9 Å². The lowest BCUT2D eigenvalue weighted by atomic mass is 9.95. The van der Waals surface area contributed by atoms with Crippen molar-refractivity contribution >= 4 is 5.91 Å². The van der Waals surface area contributed by atoms with E-state index in [4.69, 9.17) is 14.2 Å². The van der Waals surface area contributed by atoms with Crippen molar-refractivity contribution in [2.45, 2.75) is 32.9 Å². The standard InChI is InChI=1S/C16H23NO4/c1-10(2)15(17-16(18)11(3)19-4)12-5-6-13-14(9-12)21-8-7-20-13/h5-6,9-11,15H,7-8H2,1-4H3,(H,17,18). The van der Waals surface area contributed by atoms with E-state index < -0.39 is 6.10 Å². The van der Waals surface area contributed by atoms with Crippen LogP contribution in [0.1, 0.15) is 32.4 Å². The van der Waals surface area contributed by atoms with Crippen LogP contribution in [0.3, 0.4) is 0 Å².